The van der Waals surface area contributed by atoms with Crippen LogP contribution in [0.15, 0.2) is 48.5 Å². The van der Waals surface area contributed by atoms with Crippen molar-refractivity contribution in [3.8, 4) is 0 Å². The number of carbonyl (C=O) groups is 2. The number of hydrazine groups is 1. The van der Waals surface area contributed by atoms with Gasteiger partial charge in [-0.05, 0) is 36.6 Å². The average molecular weight is 370 g/mol. The molecule has 1 heterocycles. The zero-order valence-corrected chi connectivity index (χ0v) is 15.5. The molecule has 4 N–H and O–H groups in total. The van der Waals surface area contributed by atoms with Gasteiger partial charge in [0, 0.05) is 5.69 Å². The van der Waals surface area contributed by atoms with Crippen LogP contribution in [0.5, 0.6) is 0 Å². The fourth-order valence-corrected chi connectivity index (χ4v) is 3.39. The van der Waals surface area contributed by atoms with Crippen molar-refractivity contribution in [2.75, 3.05) is 11.1 Å². The lowest BCUT2D eigenvalue weighted by Crippen LogP contribution is -2.60. The highest BCUT2D eigenvalue weighted by atomic mass is 32.2. The Balaban J connectivity index is 1.49. The van der Waals surface area contributed by atoms with Crippen molar-refractivity contribution in [2.45, 2.75) is 25.4 Å². The Morgan fingerprint density at radius 1 is 1.12 bits per heavy atom. The Bertz CT molecular complexity index is 797. The molecule has 1 fully saturated rings. The molecule has 2 unspecified atom stereocenters. The van der Waals surface area contributed by atoms with E-state index in [2.05, 4.69) is 21.5 Å². The van der Waals surface area contributed by atoms with Crippen LogP contribution in [0.25, 0.3) is 0 Å². The van der Waals surface area contributed by atoms with Crippen molar-refractivity contribution < 1.29 is 9.59 Å². The minimum absolute atomic E-state index is 0.107. The van der Waals surface area contributed by atoms with Crippen LogP contribution >= 0.6 is 11.8 Å². The Hall–Kier alpha value is -2.35. The van der Waals surface area contributed by atoms with Gasteiger partial charge in [0.2, 0.25) is 11.8 Å². The van der Waals surface area contributed by atoms with E-state index in [1.54, 1.807) is 0 Å². The van der Waals surface area contributed by atoms with E-state index in [1.165, 1.54) is 11.8 Å². The summed E-state index contributed by atoms with van der Waals surface area (Å²) in [5.74, 6) is -0.00412. The van der Waals surface area contributed by atoms with E-state index in [0.717, 1.165) is 22.4 Å². The smallest absolute Gasteiger partial charge is 0.244 e. The summed E-state index contributed by atoms with van der Waals surface area (Å²) in [6.07, 6.45) is 0. The molecule has 1 aliphatic rings. The van der Waals surface area contributed by atoms with Gasteiger partial charge in [-0.1, -0.05) is 42.5 Å². The number of carbonyl (C=O) groups excluding carboxylic acids is 2. The second kappa shape index (κ2) is 8.35. The molecule has 2 atom stereocenters. The number of amides is 2. The van der Waals surface area contributed by atoms with Gasteiger partial charge in [0.15, 0.2) is 0 Å². The molecule has 26 heavy (non-hydrogen) atoms. The van der Waals surface area contributed by atoms with Gasteiger partial charge in [-0.15, -0.1) is 11.8 Å². The standard InChI is InChI=1S/C19H22N4O2S/c1-12-8-9-13(2)15(10-12)20-16(24)11-26-19-21-18(25)17(22-23-19)14-6-4-3-5-7-14/h3-10,17,19,22-23H,11H2,1-2H3,(H,20,24)(H,21,25). The normalized spacial score (nSPS) is 19.7. The first-order valence-corrected chi connectivity index (χ1v) is 9.43. The van der Waals surface area contributed by atoms with Crippen LogP contribution in [-0.2, 0) is 9.59 Å². The summed E-state index contributed by atoms with van der Waals surface area (Å²) in [6, 6.07) is 15.0. The van der Waals surface area contributed by atoms with Crippen LogP contribution in [0.1, 0.15) is 22.7 Å². The lowest BCUT2D eigenvalue weighted by atomic mass is 10.1. The van der Waals surface area contributed by atoms with Gasteiger partial charge in [0.25, 0.3) is 0 Å². The maximum Gasteiger partial charge on any atom is 0.244 e. The maximum absolute atomic E-state index is 12.3. The Morgan fingerprint density at radius 2 is 1.88 bits per heavy atom. The van der Waals surface area contributed by atoms with Crippen LogP contribution in [0.4, 0.5) is 5.69 Å². The molecule has 2 aromatic carbocycles. The molecule has 0 bridgehead atoms. The largest absolute Gasteiger partial charge is 0.329 e. The molecule has 1 saturated heterocycles. The topological polar surface area (TPSA) is 82.3 Å². The van der Waals surface area contributed by atoms with Crippen molar-refractivity contribution in [2.24, 2.45) is 0 Å². The van der Waals surface area contributed by atoms with Crippen LogP contribution in [0.2, 0.25) is 0 Å². The summed E-state index contributed by atoms with van der Waals surface area (Å²) in [7, 11) is 0. The van der Waals surface area contributed by atoms with E-state index in [0.29, 0.717) is 0 Å². The second-order valence-electron chi connectivity index (χ2n) is 6.20. The van der Waals surface area contributed by atoms with E-state index in [9.17, 15) is 9.59 Å². The molecule has 136 valence electrons. The first kappa shape index (κ1) is 18.4. The van der Waals surface area contributed by atoms with E-state index < -0.39 is 6.04 Å². The highest BCUT2D eigenvalue weighted by Crippen LogP contribution is 2.19. The number of rotatable bonds is 5. The van der Waals surface area contributed by atoms with E-state index in [4.69, 9.17) is 0 Å². The number of benzene rings is 2. The molecule has 7 heteroatoms. The Labute approximate surface area is 157 Å². The highest BCUT2D eigenvalue weighted by Gasteiger charge is 2.28. The van der Waals surface area contributed by atoms with Gasteiger partial charge in [-0.25, -0.2) is 10.9 Å². The summed E-state index contributed by atoms with van der Waals surface area (Å²) in [5.41, 5.74) is 9.49. The monoisotopic (exact) mass is 370 g/mol. The number of anilines is 1. The first-order chi connectivity index (χ1) is 12.5. The van der Waals surface area contributed by atoms with E-state index in [1.807, 2.05) is 62.4 Å². The lowest BCUT2D eigenvalue weighted by Gasteiger charge is -2.31. The molecular weight excluding hydrogens is 348 g/mol. The fourth-order valence-electron chi connectivity index (χ4n) is 2.65. The molecule has 3 rings (SSSR count). The molecule has 2 aromatic rings. The van der Waals surface area contributed by atoms with Gasteiger partial charge in [-0.2, -0.15) is 0 Å². The van der Waals surface area contributed by atoms with E-state index in [-0.39, 0.29) is 23.1 Å². The number of thioether (sulfide) groups is 1. The number of hydrogen-bond donors (Lipinski definition) is 4. The van der Waals surface area contributed by atoms with Gasteiger partial charge in [-0.3, -0.25) is 9.59 Å². The zero-order chi connectivity index (χ0) is 18.5. The summed E-state index contributed by atoms with van der Waals surface area (Å²) in [5, 5.41) is 5.79. The number of aryl methyl sites for hydroxylation is 2. The van der Waals surface area contributed by atoms with Gasteiger partial charge in [0.1, 0.15) is 11.5 Å². The molecule has 0 aromatic heterocycles. The second-order valence-corrected chi connectivity index (χ2v) is 7.29. The molecule has 0 saturated carbocycles. The Kier molecular flexibility index (Phi) is 5.92. The van der Waals surface area contributed by atoms with E-state index >= 15 is 0 Å². The summed E-state index contributed by atoms with van der Waals surface area (Å²) < 4.78 is 0. The maximum atomic E-state index is 12.3. The van der Waals surface area contributed by atoms with Crippen LogP contribution in [-0.4, -0.2) is 23.1 Å². The average Bonchev–Trinajstić information content (AvgIpc) is 2.64. The quantitative estimate of drug-likeness (QED) is 0.649. The fraction of sp³-hybridized carbons (Fsp3) is 0.263. The predicted molar refractivity (Wildman–Crippen MR) is 104 cm³/mol. The van der Waals surface area contributed by atoms with Gasteiger partial charge in [0.05, 0.1) is 5.75 Å². The van der Waals surface area contributed by atoms with Crippen molar-refractivity contribution in [3.63, 3.8) is 0 Å². The molecule has 0 aliphatic carbocycles. The third-order valence-electron chi connectivity index (χ3n) is 4.08. The minimum Gasteiger partial charge on any atom is -0.329 e. The molecule has 1 aliphatic heterocycles. The number of nitrogens with one attached hydrogen (secondary N) is 4. The first-order valence-electron chi connectivity index (χ1n) is 8.38. The third-order valence-corrected chi connectivity index (χ3v) is 5.07. The van der Waals surface area contributed by atoms with Crippen molar-refractivity contribution >= 4 is 29.3 Å². The molecule has 0 spiro atoms. The summed E-state index contributed by atoms with van der Waals surface area (Å²) in [6.45, 7) is 3.94. The highest BCUT2D eigenvalue weighted by molar-refractivity contribution is 8.00. The lowest BCUT2D eigenvalue weighted by molar-refractivity contribution is -0.126. The van der Waals surface area contributed by atoms with Crippen LogP contribution in [0.3, 0.4) is 0 Å². The van der Waals surface area contributed by atoms with Crippen LogP contribution in [0, 0.1) is 13.8 Å². The minimum atomic E-state index is -0.447. The molecule has 0 radical (unpaired) electrons. The zero-order valence-electron chi connectivity index (χ0n) is 14.7. The van der Waals surface area contributed by atoms with Crippen LogP contribution < -0.4 is 21.5 Å². The SMILES string of the molecule is Cc1ccc(C)c(NC(=O)CSC2NNC(c3ccccc3)C(=O)N2)c1. The third kappa shape index (κ3) is 4.63. The molecule has 6 nitrogen and oxygen atoms in total. The molecular formula is C19H22N4O2S. The Morgan fingerprint density at radius 3 is 2.62 bits per heavy atom. The van der Waals surface area contributed by atoms with Gasteiger partial charge >= 0.3 is 0 Å². The van der Waals surface area contributed by atoms with Crippen molar-refractivity contribution in [1.29, 1.82) is 0 Å². The van der Waals surface area contributed by atoms with Crippen molar-refractivity contribution in [1.82, 2.24) is 16.2 Å². The molecule has 2 amide bonds. The van der Waals surface area contributed by atoms with Gasteiger partial charge < -0.3 is 10.6 Å². The summed E-state index contributed by atoms with van der Waals surface area (Å²) in [4.78, 5) is 24.5. The van der Waals surface area contributed by atoms with Crippen molar-refractivity contribution in [3.05, 3.63) is 65.2 Å². The summed E-state index contributed by atoms with van der Waals surface area (Å²) >= 11 is 1.32. The predicted octanol–water partition coefficient (Wildman–Crippen LogP) is 2.22. The number of hydrogen-bond acceptors (Lipinski definition) is 5.